The first-order valence-corrected chi connectivity index (χ1v) is 13.5. The summed E-state index contributed by atoms with van der Waals surface area (Å²) in [6.07, 6.45) is 0.490. The van der Waals surface area contributed by atoms with E-state index in [0.717, 1.165) is 22.3 Å². The van der Waals surface area contributed by atoms with E-state index in [1.54, 1.807) is 4.68 Å². The van der Waals surface area contributed by atoms with E-state index in [-0.39, 0.29) is 23.5 Å². The molecule has 1 aliphatic rings. The number of carbonyl (C=O) groups excluding carboxylic acids is 1. The Morgan fingerprint density at radius 1 is 1.03 bits per heavy atom. The summed E-state index contributed by atoms with van der Waals surface area (Å²) < 4.78 is 26.0. The Morgan fingerprint density at radius 2 is 1.69 bits per heavy atom. The second-order valence-electron chi connectivity index (χ2n) is 9.37. The number of rotatable bonds is 5. The molecule has 2 aromatic carbocycles. The number of fused-ring (bicyclic) bond motifs is 1. The van der Waals surface area contributed by atoms with Crippen LogP contribution in [0.4, 0.5) is 0 Å². The van der Waals surface area contributed by atoms with Gasteiger partial charge in [0.05, 0.1) is 39.9 Å². The zero-order valence-corrected chi connectivity index (χ0v) is 20.9. The lowest BCUT2D eigenvalue weighted by molar-refractivity contribution is 0.0952. The van der Waals surface area contributed by atoms with E-state index >= 15 is 0 Å². The van der Waals surface area contributed by atoms with Crippen molar-refractivity contribution in [3.05, 3.63) is 82.5 Å². The predicted octanol–water partition coefficient (Wildman–Crippen LogP) is 4.31. The number of aromatic nitrogens is 3. The van der Waals surface area contributed by atoms with Crippen LogP contribution in [0.2, 0.25) is 0 Å². The fourth-order valence-electron chi connectivity index (χ4n) is 4.57. The first-order valence-electron chi connectivity index (χ1n) is 11.7. The van der Waals surface area contributed by atoms with Gasteiger partial charge in [0, 0.05) is 12.1 Å². The molecule has 1 fully saturated rings. The molecule has 4 aromatic rings. The minimum Gasteiger partial charge on any atom is -0.348 e. The summed E-state index contributed by atoms with van der Waals surface area (Å²) in [4.78, 5) is 18.3. The Balaban J connectivity index is 1.60. The number of hydrogen-bond acceptors (Lipinski definition) is 5. The van der Waals surface area contributed by atoms with E-state index in [1.807, 2.05) is 75.4 Å². The van der Waals surface area contributed by atoms with Crippen LogP contribution in [0.25, 0.3) is 22.3 Å². The zero-order valence-electron chi connectivity index (χ0n) is 20.1. The maximum Gasteiger partial charge on any atom is 0.252 e. The SMILES string of the molecule is Cc1ccc(CNC(=O)c2cc(-c3ccc(C)cc3)nc3c2c(C)nn3C2CCS(=O)(=O)C2)cc1. The first-order chi connectivity index (χ1) is 16.7. The van der Waals surface area contributed by atoms with Crippen LogP contribution in [0.3, 0.4) is 0 Å². The molecule has 1 atom stereocenters. The van der Waals surface area contributed by atoms with Crippen LogP contribution in [0.5, 0.6) is 0 Å². The average molecular weight is 489 g/mol. The van der Waals surface area contributed by atoms with Crippen molar-refractivity contribution in [1.29, 1.82) is 0 Å². The summed E-state index contributed by atoms with van der Waals surface area (Å²) in [5.41, 5.74) is 6.53. The van der Waals surface area contributed by atoms with Gasteiger partial charge in [0.1, 0.15) is 0 Å². The number of hydrogen-bond donors (Lipinski definition) is 1. The lowest BCUT2D eigenvalue weighted by Crippen LogP contribution is -2.23. The molecule has 0 radical (unpaired) electrons. The zero-order chi connectivity index (χ0) is 24.7. The minimum atomic E-state index is -3.11. The van der Waals surface area contributed by atoms with E-state index in [0.29, 0.717) is 41.0 Å². The predicted molar refractivity (Wildman–Crippen MR) is 137 cm³/mol. The molecule has 0 aliphatic carbocycles. The summed E-state index contributed by atoms with van der Waals surface area (Å²) in [6.45, 7) is 6.28. The number of amides is 1. The number of aryl methyl sites for hydroxylation is 3. The minimum absolute atomic E-state index is 0.0363. The van der Waals surface area contributed by atoms with E-state index < -0.39 is 9.84 Å². The Bertz CT molecular complexity index is 1520. The summed E-state index contributed by atoms with van der Waals surface area (Å²) >= 11 is 0. The molecule has 1 unspecified atom stereocenters. The van der Waals surface area contributed by atoms with Crippen LogP contribution in [0, 0.1) is 20.8 Å². The van der Waals surface area contributed by atoms with Gasteiger partial charge in [-0.1, -0.05) is 59.7 Å². The third-order valence-electron chi connectivity index (χ3n) is 6.56. The fraction of sp³-hybridized carbons (Fsp3) is 0.296. The lowest BCUT2D eigenvalue weighted by Gasteiger charge is -2.13. The number of nitrogens with zero attached hydrogens (tertiary/aromatic N) is 3. The fourth-order valence-corrected chi connectivity index (χ4v) is 6.26. The molecule has 180 valence electrons. The van der Waals surface area contributed by atoms with Gasteiger partial charge < -0.3 is 5.32 Å². The van der Waals surface area contributed by atoms with Crippen molar-refractivity contribution in [2.45, 2.75) is 39.8 Å². The van der Waals surface area contributed by atoms with E-state index in [4.69, 9.17) is 4.98 Å². The number of sulfone groups is 1. The molecular weight excluding hydrogens is 460 g/mol. The molecule has 1 N–H and O–H groups in total. The number of carbonyl (C=O) groups is 1. The Labute approximate surface area is 205 Å². The molecule has 8 heteroatoms. The molecule has 0 saturated carbocycles. The van der Waals surface area contributed by atoms with E-state index in [2.05, 4.69) is 10.4 Å². The van der Waals surface area contributed by atoms with Crippen molar-refractivity contribution < 1.29 is 13.2 Å². The van der Waals surface area contributed by atoms with Gasteiger partial charge in [-0.25, -0.2) is 18.1 Å². The smallest absolute Gasteiger partial charge is 0.252 e. The first kappa shape index (κ1) is 23.2. The number of nitrogens with one attached hydrogen (secondary N) is 1. The molecule has 7 nitrogen and oxygen atoms in total. The third kappa shape index (κ3) is 4.71. The largest absolute Gasteiger partial charge is 0.348 e. The summed E-state index contributed by atoms with van der Waals surface area (Å²) in [7, 11) is -3.11. The number of benzene rings is 2. The molecule has 0 spiro atoms. The number of pyridine rings is 1. The van der Waals surface area contributed by atoms with E-state index in [9.17, 15) is 13.2 Å². The highest BCUT2D eigenvalue weighted by molar-refractivity contribution is 7.91. The Kier molecular flexibility index (Phi) is 5.92. The monoisotopic (exact) mass is 488 g/mol. The van der Waals surface area contributed by atoms with Crippen LogP contribution in [-0.4, -0.2) is 40.6 Å². The normalized spacial score (nSPS) is 17.1. The van der Waals surface area contributed by atoms with Crippen LogP contribution < -0.4 is 5.32 Å². The van der Waals surface area contributed by atoms with Crippen molar-refractivity contribution in [3.8, 4) is 11.3 Å². The van der Waals surface area contributed by atoms with Gasteiger partial charge in [0.25, 0.3) is 5.91 Å². The lowest BCUT2D eigenvalue weighted by atomic mass is 10.0. The van der Waals surface area contributed by atoms with Gasteiger partial charge in [-0.3, -0.25) is 4.79 Å². The van der Waals surface area contributed by atoms with Gasteiger partial charge in [-0.2, -0.15) is 5.10 Å². The molecule has 1 amide bonds. The summed E-state index contributed by atoms with van der Waals surface area (Å²) in [5.74, 6) is -0.0400. The summed E-state index contributed by atoms with van der Waals surface area (Å²) in [5, 5.41) is 8.36. The molecule has 5 rings (SSSR count). The van der Waals surface area contributed by atoms with E-state index in [1.165, 1.54) is 0 Å². The van der Waals surface area contributed by atoms with Gasteiger partial charge in [-0.05, 0) is 38.8 Å². The van der Waals surface area contributed by atoms with Crippen molar-refractivity contribution in [2.24, 2.45) is 0 Å². The van der Waals surface area contributed by atoms with Crippen molar-refractivity contribution in [3.63, 3.8) is 0 Å². The molecule has 1 saturated heterocycles. The highest BCUT2D eigenvalue weighted by Gasteiger charge is 2.32. The molecule has 1 aliphatic heterocycles. The standard InChI is InChI=1S/C27H28N4O3S/c1-17-4-8-20(9-5-17)15-28-27(32)23-14-24(21-10-6-18(2)7-11-21)29-26-25(23)19(3)30-31(26)22-12-13-35(33,34)16-22/h4-11,14,22H,12-13,15-16H2,1-3H3,(H,28,32). The third-order valence-corrected chi connectivity index (χ3v) is 8.31. The van der Waals surface area contributed by atoms with Gasteiger partial charge in [0.2, 0.25) is 0 Å². The molecule has 3 heterocycles. The maximum absolute atomic E-state index is 13.5. The van der Waals surface area contributed by atoms with Crippen LogP contribution in [-0.2, 0) is 16.4 Å². The molecular formula is C27H28N4O3S. The second-order valence-corrected chi connectivity index (χ2v) is 11.6. The van der Waals surface area contributed by atoms with Crippen molar-refractivity contribution in [1.82, 2.24) is 20.1 Å². The van der Waals surface area contributed by atoms with Crippen LogP contribution >= 0.6 is 0 Å². The molecule has 35 heavy (non-hydrogen) atoms. The van der Waals surface area contributed by atoms with Crippen LogP contribution in [0.1, 0.15) is 45.2 Å². The maximum atomic E-state index is 13.5. The molecule has 0 bridgehead atoms. The average Bonchev–Trinajstić information content (AvgIpc) is 3.37. The Morgan fingerprint density at radius 3 is 2.31 bits per heavy atom. The highest BCUT2D eigenvalue weighted by Crippen LogP contribution is 2.32. The van der Waals surface area contributed by atoms with Crippen molar-refractivity contribution in [2.75, 3.05) is 11.5 Å². The van der Waals surface area contributed by atoms with Gasteiger partial charge in [0.15, 0.2) is 15.5 Å². The Hall–Kier alpha value is -3.52. The van der Waals surface area contributed by atoms with Gasteiger partial charge in [-0.15, -0.1) is 0 Å². The quantitative estimate of drug-likeness (QED) is 0.452. The second kappa shape index (κ2) is 8.92. The highest BCUT2D eigenvalue weighted by atomic mass is 32.2. The topological polar surface area (TPSA) is 93.9 Å². The summed E-state index contributed by atoms with van der Waals surface area (Å²) in [6, 6.07) is 17.5. The van der Waals surface area contributed by atoms with Crippen molar-refractivity contribution >= 4 is 26.8 Å². The van der Waals surface area contributed by atoms with Gasteiger partial charge >= 0.3 is 0 Å². The van der Waals surface area contributed by atoms with Crippen LogP contribution in [0.15, 0.2) is 54.6 Å². The molecule has 2 aromatic heterocycles.